The Labute approximate surface area is 339 Å². The maximum atomic E-state index is 13.0. The molecule has 6 rings (SSSR count). The van der Waals surface area contributed by atoms with E-state index in [4.69, 9.17) is 52.7 Å². The van der Waals surface area contributed by atoms with Gasteiger partial charge in [-0.25, -0.2) is 4.98 Å². The Morgan fingerprint density at radius 1 is 0.759 bits per heavy atom. The summed E-state index contributed by atoms with van der Waals surface area (Å²) in [5.74, 6) is 1.06. The number of aromatic nitrogens is 7. The number of aryl methyl sites for hydroxylation is 2. The summed E-state index contributed by atoms with van der Waals surface area (Å²) in [7, 11) is 2.86. The fraction of sp³-hybridized carbons (Fsp3) is 0.179. The third-order valence-electron chi connectivity index (χ3n) is 8.02. The fourth-order valence-electron chi connectivity index (χ4n) is 5.26. The van der Waals surface area contributed by atoms with Gasteiger partial charge < -0.3 is 28.6 Å². The van der Waals surface area contributed by atoms with Gasteiger partial charge in [0.25, 0.3) is 11.1 Å². The van der Waals surface area contributed by atoms with E-state index < -0.39 is 11.1 Å². The van der Waals surface area contributed by atoms with E-state index in [1.807, 2.05) is 12.1 Å². The molecule has 58 heavy (non-hydrogen) atoms. The summed E-state index contributed by atoms with van der Waals surface area (Å²) in [6.45, 7) is 3.24. The Kier molecular flexibility index (Phi) is 13.8. The summed E-state index contributed by atoms with van der Waals surface area (Å²) in [6, 6.07) is 17.8. The minimum absolute atomic E-state index is 0.00187. The molecule has 0 bridgehead atoms. The van der Waals surface area contributed by atoms with Crippen LogP contribution in [0.15, 0.2) is 76.7 Å². The first kappa shape index (κ1) is 42.0. The lowest BCUT2D eigenvalue weighted by Crippen LogP contribution is -2.23. The lowest BCUT2D eigenvalue weighted by atomic mass is 10.2. The molecule has 294 valence electrons. The van der Waals surface area contributed by atoms with Crippen molar-refractivity contribution in [2.24, 2.45) is 0 Å². The number of rotatable bonds is 12. The quantitative estimate of drug-likeness (QED) is 0.154. The van der Waals surface area contributed by atoms with Gasteiger partial charge in [0.15, 0.2) is 12.0 Å². The summed E-state index contributed by atoms with van der Waals surface area (Å²) >= 11 is 12.0. The molecular formula is C39H31Cl2N9O8. The molecule has 0 saturated heterocycles. The molecule has 4 aromatic heterocycles. The summed E-state index contributed by atoms with van der Waals surface area (Å²) in [5.41, 5.74) is 2.27. The first-order chi connectivity index (χ1) is 27.9. The molecule has 0 unspecified atom stereocenters. The maximum Gasteiger partial charge on any atom is 0.296 e. The van der Waals surface area contributed by atoms with Gasteiger partial charge in [0.05, 0.1) is 74.9 Å². The lowest BCUT2D eigenvalue weighted by molar-refractivity contribution is 0.111. The van der Waals surface area contributed by atoms with Crippen LogP contribution < -0.4 is 30.1 Å². The van der Waals surface area contributed by atoms with Gasteiger partial charge in [0.2, 0.25) is 17.5 Å². The molecule has 0 radical (unpaired) electrons. The van der Waals surface area contributed by atoms with Crippen molar-refractivity contribution in [1.82, 2.24) is 34.5 Å². The van der Waals surface area contributed by atoms with Crippen molar-refractivity contribution in [1.29, 1.82) is 10.5 Å². The van der Waals surface area contributed by atoms with Crippen LogP contribution in [0.4, 0.5) is 0 Å². The smallest absolute Gasteiger partial charge is 0.296 e. The summed E-state index contributed by atoms with van der Waals surface area (Å²) in [5, 5.41) is 43.3. The van der Waals surface area contributed by atoms with Crippen LogP contribution >= 0.6 is 23.2 Å². The van der Waals surface area contributed by atoms with E-state index >= 15 is 0 Å². The van der Waals surface area contributed by atoms with Gasteiger partial charge in [-0.05, 0) is 74.0 Å². The van der Waals surface area contributed by atoms with Crippen molar-refractivity contribution in [3.63, 3.8) is 0 Å². The van der Waals surface area contributed by atoms with Crippen molar-refractivity contribution in [3.05, 3.63) is 143 Å². The average molecular weight is 825 g/mol. The molecule has 0 aliphatic carbocycles. The highest BCUT2D eigenvalue weighted by molar-refractivity contribution is 6.31. The predicted octanol–water partition coefficient (Wildman–Crippen LogP) is 5.34. The molecule has 2 aromatic carbocycles. The molecule has 17 nitrogen and oxygen atoms in total. The SMILES string of the molecule is COc1nnc(C=O)cc1Cn1ccc(C)c(Oc2cc(Cl)cc(C#N)c2)c1=O.COc1nnc(CO)cc1Cn1cnc(C)c(Oc2cc(Cl)cc(C#N)c2)c1=O. The number of hydrogen-bond donors (Lipinski definition) is 1. The van der Waals surface area contributed by atoms with Crippen LogP contribution in [0.1, 0.15) is 49.7 Å². The zero-order chi connectivity index (χ0) is 41.9. The molecule has 6 aromatic rings. The Hall–Kier alpha value is -7.18. The van der Waals surface area contributed by atoms with Crippen molar-refractivity contribution in [2.45, 2.75) is 33.5 Å². The van der Waals surface area contributed by atoms with E-state index in [9.17, 15) is 19.5 Å². The van der Waals surface area contributed by atoms with Crippen LogP contribution in [0.2, 0.25) is 10.0 Å². The van der Waals surface area contributed by atoms with Crippen LogP contribution in [0.3, 0.4) is 0 Å². The number of carbonyl (C=O) groups excluding carboxylic acids is 1. The van der Waals surface area contributed by atoms with Crippen LogP contribution in [-0.4, -0.2) is 60.1 Å². The molecule has 1 N–H and O–H groups in total. The van der Waals surface area contributed by atoms with Gasteiger partial charge in [0, 0.05) is 27.4 Å². The second-order valence-corrected chi connectivity index (χ2v) is 13.0. The Balaban J connectivity index is 0.000000221. The molecule has 0 atom stereocenters. The van der Waals surface area contributed by atoms with Crippen molar-refractivity contribution < 1.29 is 28.8 Å². The number of aliphatic hydroxyl groups is 1. The number of hydrogen-bond acceptors (Lipinski definition) is 15. The standard InChI is InChI=1S/C20H15ClN4O4.C19H16ClN5O4/c1-12-3-4-25(10-14-7-16(11-26)23-24-19(14)28-2)20(27)18(12)29-17-6-13(9-22)5-15(21)8-17;1-11-17(29-16-4-12(7-21)3-14(20)6-16)19(27)25(10-22-11)8-13-5-15(9-26)23-24-18(13)28-2/h3-8,11H,10H2,1-2H3;3-6,10,26H,8-9H2,1-2H3. The van der Waals surface area contributed by atoms with Crippen molar-refractivity contribution >= 4 is 29.5 Å². The molecule has 0 aliphatic heterocycles. The highest BCUT2D eigenvalue weighted by Gasteiger charge is 2.17. The molecule has 19 heteroatoms. The average Bonchev–Trinajstić information content (AvgIpc) is 3.22. The van der Waals surface area contributed by atoms with Gasteiger partial charge in [-0.3, -0.25) is 19.0 Å². The number of nitrogens with zero attached hydrogens (tertiary/aromatic N) is 9. The van der Waals surface area contributed by atoms with Gasteiger partial charge >= 0.3 is 0 Å². The number of nitriles is 2. The van der Waals surface area contributed by atoms with Crippen LogP contribution in [0.25, 0.3) is 0 Å². The van der Waals surface area contributed by atoms with Gasteiger partial charge in [0.1, 0.15) is 17.2 Å². The van der Waals surface area contributed by atoms with Gasteiger partial charge in [-0.2, -0.15) is 10.5 Å². The Morgan fingerprint density at radius 3 is 1.88 bits per heavy atom. The number of ether oxygens (including phenoxy) is 4. The Morgan fingerprint density at radius 2 is 1.31 bits per heavy atom. The third-order valence-corrected chi connectivity index (χ3v) is 8.46. The lowest BCUT2D eigenvalue weighted by Gasteiger charge is -2.13. The molecule has 0 spiro atoms. The summed E-state index contributed by atoms with van der Waals surface area (Å²) in [4.78, 5) is 41.2. The number of carbonyl (C=O) groups is 1. The molecular weight excluding hydrogens is 793 g/mol. The topological polar surface area (TPSA) is 230 Å². The number of benzene rings is 2. The highest BCUT2D eigenvalue weighted by atomic mass is 35.5. The molecule has 0 saturated carbocycles. The van der Waals surface area contributed by atoms with Gasteiger partial charge in [-0.15, -0.1) is 20.4 Å². The molecule has 0 amide bonds. The predicted molar refractivity (Wildman–Crippen MR) is 208 cm³/mol. The molecule has 0 aliphatic rings. The molecule has 4 heterocycles. The first-order valence-corrected chi connectivity index (χ1v) is 17.5. The maximum absolute atomic E-state index is 13.0. The van der Waals surface area contributed by atoms with E-state index in [1.54, 1.807) is 32.2 Å². The van der Waals surface area contributed by atoms with Crippen molar-refractivity contribution in [2.75, 3.05) is 14.2 Å². The number of pyridine rings is 1. The number of halogens is 2. The fourth-order valence-corrected chi connectivity index (χ4v) is 5.71. The summed E-state index contributed by atoms with van der Waals surface area (Å²) < 4.78 is 24.5. The van der Waals surface area contributed by atoms with Crippen LogP contribution in [-0.2, 0) is 19.7 Å². The number of aldehydes is 1. The third kappa shape index (κ3) is 10.2. The van der Waals surface area contributed by atoms with Crippen molar-refractivity contribution in [3.8, 4) is 46.9 Å². The summed E-state index contributed by atoms with van der Waals surface area (Å²) in [6.07, 6.45) is 3.54. The monoisotopic (exact) mass is 823 g/mol. The van der Waals surface area contributed by atoms with E-state index in [-0.39, 0.29) is 60.1 Å². The minimum Gasteiger partial charge on any atom is -0.480 e. The Bertz CT molecular complexity index is 2710. The van der Waals surface area contributed by atoms with Crippen LogP contribution in [0, 0.1) is 36.5 Å². The number of methoxy groups -OCH3 is 2. The first-order valence-electron chi connectivity index (χ1n) is 16.8. The van der Waals surface area contributed by atoms with E-state index in [0.717, 1.165) is 0 Å². The minimum atomic E-state index is -0.444. The van der Waals surface area contributed by atoms with Gasteiger partial charge in [-0.1, -0.05) is 23.2 Å². The second-order valence-electron chi connectivity index (χ2n) is 12.1. The van der Waals surface area contributed by atoms with E-state index in [2.05, 4.69) is 25.4 Å². The zero-order valence-electron chi connectivity index (χ0n) is 31.1. The normalized spacial score (nSPS) is 10.4. The largest absolute Gasteiger partial charge is 0.480 e. The zero-order valence-corrected chi connectivity index (χ0v) is 32.6. The highest BCUT2D eigenvalue weighted by Crippen LogP contribution is 2.28. The van der Waals surface area contributed by atoms with Crippen LogP contribution in [0.5, 0.6) is 34.8 Å². The number of aliphatic hydroxyl groups excluding tert-OH is 1. The van der Waals surface area contributed by atoms with E-state index in [1.165, 1.54) is 72.1 Å². The van der Waals surface area contributed by atoms with E-state index in [0.29, 0.717) is 55.5 Å². The molecule has 0 fully saturated rings. The second kappa shape index (κ2) is 19.1.